The number of nitrogens with one attached hydrogen (secondary N) is 2. The highest BCUT2D eigenvalue weighted by Crippen LogP contribution is 2.24. The zero-order valence-corrected chi connectivity index (χ0v) is 18.3. The Hall–Kier alpha value is -3.74. The third kappa shape index (κ3) is 6.37. The SMILES string of the molecule is CN=C(NCc1ccc(Oc2cccc(OC)c2)nc1)NCc1ccc(C)cc1OC. The van der Waals surface area contributed by atoms with E-state index in [-0.39, 0.29) is 0 Å². The van der Waals surface area contributed by atoms with Gasteiger partial charge in [-0.3, -0.25) is 4.99 Å². The number of aryl methyl sites for hydroxylation is 1. The van der Waals surface area contributed by atoms with Crippen molar-refractivity contribution in [2.24, 2.45) is 4.99 Å². The number of ether oxygens (including phenoxy) is 3. The normalized spacial score (nSPS) is 11.0. The molecule has 162 valence electrons. The second-order valence-electron chi connectivity index (χ2n) is 6.88. The van der Waals surface area contributed by atoms with Crippen molar-refractivity contribution in [2.45, 2.75) is 20.0 Å². The van der Waals surface area contributed by atoms with Crippen LogP contribution in [0.1, 0.15) is 16.7 Å². The van der Waals surface area contributed by atoms with Crippen molar-refractivity contribution in [3.63, 3.8) is 0 Å². The molecule has 2 aromatic carbocycles. The molecule has 0 saturated carbocycles. The Labute approximate surface area is 183 Å². The topological polar surface area (TPSA) is 77.0 Å². The minimum atomic E-state index is 0.519. The van der Waals surface area contributed by atoms with Gasteiger partial charge in [0.05, 0.1) is 14.2 Å². The number of nitrogens with zero attached hydrogens (tertiary/aromatic N) is 2. The van der Waals surface area contributed by atoms with Gasteiger partial charge in [0.2, 0.25) is 5.88 Å². The van der Waals surface area contributed by atoms with Crippen LogP contribution in [-0.2, 0) is 13.1 Å². The minimum absolute atomic E-state index is 0.519. The van der Waals surface area contributed by atoms with Crippen LogP contribution in [0.5, 0.6) is 23.1 Å². The van der Waals surface area contributed by atoms with Gasteiger partial charge in [-0.1, -0.05) is 24.3 Å². The average molecular weight is 421 g/mol. The molecule has 3 aromatic rings. The Morgan fingerprint density at radius 3 is 2.45 bits per heavy atom. The summed E-state index contributed by atoms with van der Waals surface area (Å²) in [5, 5.41) is 6.60. The van der Waals surface area contributed by atoms with Gasteiger partial charge in [-0.2, -0.15) is 0 Å². The van der Waals surface area contributed by atoms with Crippen LogP contribution < -0.4 is 24.8 Å². The van der Waals surface area contributed by atoms with Crippen molar-refractivity contribution in [2.75, 3.05) is 21.3 Å². The summed E-state index contributed by atoms with van der Waals surface area (Å²) in [5.41, 5.74) is 3.24. The van der Waals surface area contributed by atoms with Gasteiger partial charge >= 0.3 is 0 Å². The molecule has 0 bridgehead atoms. The first-order chi connectivity index (χ1) is 15.1. The molecular weight excluding hydrogens is 392 g/mol. The van der Waals surface area contributed by atoms with Crippen LogP contribution in [0.25, 0.3) is 0 Å². The molecule has 0 spiro atoms. The van der Waals surface area contributed by atoms with E-state index in [9.17, 15) is 0 Å². The number of hydrogen-bond acceptors (Lipinski definition) is 5. The molecule has 0 aliphatic rings. The number of benzene rings is 2. The second-order valence-corrected chi connectivity index (χ2v) is 6.88. The van der Waals surface area contributed by atoms with E-state index < -0.39 is 0 Å². The van der Waals surface area contributed by atoms with Gasteiger partial charge in [-0.05, 0) is 36.2 Å². The highest BCUT2D eigenvalue weighted by Gasteiger charge is 2.06. The Morgan fingerprint density at radius 1 is 0.935 bits per heavy atom. The Balaban J connectivity index is 1.52. The standard InChI is InChI=1S/C24H28N4O3/c1-17-8-10-19(22(12-17)30-4)16-28-24(25-2)27-15-18-9-11-23(26-14-18)31-21-7-5-6-20(13-21)29-3/h5-14H,15-16H2,1-4H3,(H2,25,27,28). The lowest BCUT2D eigenvalue weighted by Gasteiger charge is -2.14. The zero-order chi connectivity index (χ0) is 22.1. The molecule has 0 unspecified atom stereocenters. The number of aromatic nitrogens is 1. The number of guanidine groups is 1. The van der Waals surface area contributed by atoms with E-state index in [1.54, 1.807) is 27.5 Å². The van der Waals surface area contributed by atoms with Gasteiger partial charge in [-0.15, -0.1) is 0 Å². The fourth-order valence-electron chi connectivity index (χ4n) is 2.94. The van der Waals surface area contributed by atoms with Crippen LogP contribution in [0.2, 0.25) is 0 Å². The van der Waals surface area contributed by atoms with E-state index in [0.717, 1.165) is 28.2 Å². The van der Waals surface area contributed by atoms with Crippen LogP contribution in [0, 0.1) is 6.92 Å². The van der Waals surface area contributed by atoms with Crippen molar-refractivity contribution < 1.29 is 14.2 Å². The molecule has 2 N–H and O–H groups in total. The summed E-state index contributed by atoms with van der Waals surface area (Å²) in [5.74, 6) is 3.48. The van der Waals surface area contributed by atoms with Gasteiger partial charge < -0.3 is 24.8 Å². The smallest absolute Gasteiger partial charge is 0.219 e. The third-order valence-electron chi connectivity index (χ3n) is 4.63. The van der Waals surface area contributed by atoms with E-state index >= 15 is 0 Å². The molecule has 0 saturated heterocycles. The van der Waals surface area contributed by atoms with Crippen molar-refractivity contribution in [3.05, 3.63) is 77.5 Å². The molecule has 1 aromatic heterocycles. The third-order valence-corrected chi connectivity index (χ3v) is 4.63. The monoisotopic (exact) mass is 420 g/mol. The van der Waals surface area contributed by atoms with E-state index in [1.807, 2.05) is 49.4 Å². The highest BCUT2D eigenvalue weighted by atomic mass is 16.5. The number of rotatable bonds is 8. The van der Waals surface area contributed by atoms with E-state index in [4.69, 9.17) is 14.2 Å². The molecular formula is C24H28N4O3. The fraction of sp³-hybridized carbons (Fsp3) is 0.250. The number of aliphatic imine (C=N–C) groups is 1. The molecule has 0 atom stereocenters. The van der Waals surface area contributed by atoms with Crippen LogP contribution >= 0.6 is 0 Å². The summed E-state index contributed by atoms with van der Waals surface area (Å²) in [6.45, 7) is 3.23. The molecule has 0 fully saturated rings. The first-order valence-electron chi connectivity index (χ1n) is 9.96. The molecule has 31 heavy (non-hydrogen) atoms. The van der Waals surface area contributed by atoms with E-state index in [0.29, 0.717) is 30.7 Å². The lowest BCUT2D eigenvalue weighted by atomic mass is 10.1. The molecule has 7 heteroatoms. The molecule has 0 radical (unpaired) electrons. The summed E-state index contributed by atoms with van der Waals surface area (Å²) >= 11 is 0. The van der Waals surface area contributed by atoms with Gasteiger partial charge in [0.15, 0.2) is 5.96 Å². The molecule has 0 amide bonds. The average Bonchev–Trinajstić information content (AvgIpc) is 2.81. The fourth-order valence-corrected chi connectivity index (χ4v) is 2.94. The molecule has 0 aliphatic heterocycles. The Kier molecular flexibility index (Phi) is 7.70. The Bertz CT molecular complexity index is 1020. The summed E-state index contributed by atoms with van der Waals surface area (Å²) in [6, 6.07) is 17.4. The van der Waals surface area contributed by atoms with Crippen LogP contribution in [0.3, 0.4) is 0 Å². The zero-order valence-electron chi connectivity index (χ0n) is 18.3. The predicted octanol–water partition coefficient (Wildman–Crippen LogP) is 4.06. The van der Waals surface area contributed by atoms with Gasteiger partial charge in [-0.25, -0.2) is 4.98 Å². The van der Waals surface area contributed by atoms with Crippen LogP contribution in [0.15, 0.2) is 65.8 Å². The highest BCUT2D eigenvalue weighted by molar-refractivity contribution is 5.79. The van der Waals surface area contributed by atoms with Crippen LogP contribution in [-0.4, -0.2) is 32.2 Å². The predicted molar refractivity (Wildman–Crippen MR) is 122 cm³/mol. The van der Waals surface area contributed by atoms with Crippen molar-refractivity contribution in [1.29, 1.82) is 0 Å². The number of methoxy groups -OCH3 is 2. The molecule has 1 heterocycles. The van der Waals surface area contributed by atoms with Gasteiger partial charge in [0, 0.05) is 44.0 Å². The van der Waals surface area contributed by atoms with E-state index in [1.165, 1.54) is 0 Å². The minimum Gasteiger partial charge on any atom is -0.497 e. The molecule has 3 rings (SSSR count). The summed E-state index contributed by atoms with van der Waals surface area (Å²) in [7, 11) is 5.05. The molecule has 7 nitrogen and oxygen atoms in total. The molecule has 0 aliphatic carbocycles. The number of hydrogen-bond donors (Lipinski definition) is 2. The first kappa shape index (κ1) is 22.0. The van der Waals surface area contributed by atoms with Crippen molar-refractivity contribution in [1.82, 2.24) is 15.6 Å². The second kappa shape index (κ2) is 10.9. The lowest BCUT2D eigenvalue weighted by molar-refractivity contribution is 0.407. The summed E-state index contributed by atoms with van der Waals surface area (Å²) in [6.07, 6.45) is 1.78. The van der Waals surface area contributed by atoms with Crippen LogP contribution in [0.4, 0.5) is 0 Å². The quantitative estimate of drug-likeness (QED) is 0.423. The van der Waals surface area contributed by atoms with Crippen molar-refractivity contribution >= 4 is 5.96 Å². The summed E-state index contributed by atoms with van der Waals surface area (Å²) in [4.78, 5) is 8.66. The lowest BCUT2D eigenvalue weighted by Crippen LogP contribution is -2.36. The number of pyridine rings is 1. The van der Waals surface area contributed by atoms with Crippen molar-refractivity contribution in [3.8, 4) is 23.1 Å². The van der Waals surface area contributed by atoms with Gasteiger partial charge in [0.25, 0.3) is 0 Å². The summed E-state index contributed by atoms with van der Waals surface area (Å²) < 4.78 is 16.5. The Morgan fingerprint density at radius 2 is 1.74 bits per heavy atom. The maximum atomic E-state index is 5.78. The largest absolute Gasteiger partial charge is 0.497 e. The maximum absolute atomic E-state index is 5.78. The van der Waals surface area contributed by atoms with E-state index in [2.05, 4.69) is 32.7 Å². The first-order valence-corrected chi connectivity index (χ1v) is 9.96. The van der Waals surface area contributed by atoms with Gasteiger partial charge in [0.1, 0.15) is 17.2 Å². The maximum Gasteiger partial charge on any atom is 0.219 e.